The fourth-order valence-electron chi connectivity index (χ4n) is 2.36. The fraction of sp³-hybridized carbons (Fsp3) is 0.571. The van der Waals surface area contributed by atoms with E-state index in [-0.39, 0.29) is 5.41 Å². The van der Waals surface area contributed by atoms with E-state index < -0.39 is 0 Å². The standard InChI is InChI=1S/C14H21NS/c1-14(2,10-15)13-6-4-3-5-12(13)11-7-8-16-9-11/h3-6,11H,7-10,15H2,1-2H3. The number of hydrogen-bond acceptors (Lipinski definition) is 2. The zero-order valence-electron chi connectivity index (χ0n) is 10.2. The molecule has 1 aliphatic heterocycles. The molecule has 1 atom stereocenters. The second-order valence-corrected chi connectivity index (χ2v) is 6.39. The van der Waals surface area contributed by atoms with Gasteiger partial charge in [0.15, 0.2) is 0 Å². The number of nitrogens with two attached hydrogens (primary N) is 1. The molecule has 1 saturated heterocycles. The molecule has 1 unspecified atom stereocenters. The quantitative estimate of drug-likeness (QED) is 0.871. The smallest absolute Gasteiger partial charge is 0.00219 e. The van der Waals surface area contributed by atoms with Crippen molar-refractivity contribution >= 4 is 11.8 Å². The monoisotopic (exact) mass is 235 g/mol. The summed E-state index contributed by atoms with van der Waals surface area (Å²) in [6.45, 7) is 5.20. The van der Waals surface area contributed by atoms with Crippen molar-refractivity contribution in [2.45, 2.75) is 31.6 Å². The Morgan fingerprint density at radius 3 is 2.75 bits per heavy atom. The summed E-state index contributed by atoms with van der Waals surface area (Å²) in [5.74, 6) is 3.33. The van der Waals surface area contributed by atoms with Crippen LogP contribution in [0.4, 0.5) is 0 Å². The van der Waals surface area contributed by atoms with Gasteiger partial charge in [0.2, 0.25) is 0 Å². The summed E-state index contributed by atoms with van der Waals surface area (Å²) < 4.78 is 0. The predicted octanol–water partition coefficient (Wildman–Crippen LogP) is 3.14. The van der Waals surface area contributed by atoms with Crippen molar-refractivity contribution in [3.63, 3.8) is 0 Å². The molecule has 88 valence electrons. The zero-order valence-corrected chi connectivity index (χ0v) is 11.0. The van der Waals surface area contributed by atoms with Crippen molar-refractivity contribution in [1.82, 2.24) is 0 Å². The lowest BCUT2D eigenvalue weighted by atomic mass is 9.78. The molecular weight excluding hydrogens is 214 g/mol. The van der Waals surface area contributed by atoms with Crippen LogP contribution in [0.5, 0.6) is 0 Å². The van der Waals surface area contributed by atoms with E-state index in [2.05, 4.69) is 49.9 Å². The Bertz CT molecular complexity index is 354. The maximum Gasteiger partial charge on any atom is 0.00219 e. The first-order valence-electron chi connectivity index (χ1n) is 6.02. The van der Waals surface area contributed by atoms with Gasteiger partial charge in [0.05, 0.1) is 0 Å². The summed E-state index contributed by atoms with van der Waals surface area (Å²) in [4.78, 5) is 0. The summed E-state index contributed by atoms with van der Waals surface area (Å²) in [6.07, 6.45) is 1.32. The molecule has 1 aliphatic rings. The highest BCUT2D eigenvalue weighted by atomic mass is 32.2. The maximum absolute atomic E-state index is 5.90. The lowest BCUT2D eigenvalue weighted by Gasteiger charge is -2.28. The van der Waals surface area contributed by atoms with Gasteiger partial charge in [-0.3, -0.25) is 0 Å². The summed E-state index contributed by atoms with van der Waals surface area (Å²) in [6, 6.07) is 8.85. The molecule has 0 aromatic heterocycles. The van der Waals surface area contributed by atoms with Gasteiger partial charge in [0.25, 0.3) is 0 Å². The van der Waals surface area contributed by atoms with Gasteiger partial charge in [-0.1, -0.05) is 38.1 Å². The molecule has 0 aliphatic carbocycles. The summed E-state index contributed by atoms with van der Waals surface area (Å²) in [5.41, 5.74) is 8.98. The van der Waals surface area contributed by atoms with E-state index in [9.17, 15) is 0 Å². The van der Waals surface area contributed by atoms with Crippen LogP contribution in [-0.4, -0.2) is 18.1 Å². The van der Waals surface area contributed by atoms with Crippen LogP contribution in [0, 0.1) is 0 Å². The van der Waals surface area contributed by atoms with Crippen molar-refractivity contribution in [3.8, 4) is 0 Å². The number of rotatable bonds is 3. The van der Waals surface area contributed by atoms with E-state index in [1.54, 1.807) is 0 Å². The summed E-state index contributed by atoms with van der Waals surface area (Å²) in [7, 11) is 0. The number of benzene rings is 1. The second-order valence-electron chi connectivity index (χ2n) is 5.24. The van der Waals surface area contributed by atoms with Crippen LogP contribution in [0.15, 0.2) is 24.3 Å². The fourth-order valence-corrected chi connectivity index (χ4v) is 3.61. The summed E-state index contributed by atoms with van der Waals surface area (Å²) in [5, 5.41) is 0. The molecule has 0 spiro atoms. The van der Waals surface area contributed by atoms with Crippen molar-refractivity contribution in [1.29, 1.82) is 0 Å². The summed E-state index contributed by atoms with van der Waals surface area (Å²) >= 11 is 2.07. The first-order valence-corrected chi connectivity index (χ1v) is 7.18. The topological polar surface area (TPSA) is 26.0 Å². The minimum absolute atomic E-state index is 0.101. The van der Waals surface area contributed by atoms with Gasteiger partial charge in [0.1, 0.15) is 0 Å². The van der Waals surface area contributed by atoms with Crippen LogP contribution in [0.3, 0.4) is 0 Å². The largest absolute Gasteiger partial charge is 0.330 e. The minimum Gasteiger partial charge on any atom is -0.330 e. The van der Waals surface area contributed by atoms with Crippen molar-refractivity contribution in [2.75, 3.05) is 18.1 Å². The number of hydrogen-bond donors (Lipinski definition) is 1. The van der Waals surface area contributed by atoms with Crippen LogP contribution in [-0.2, 0) is 5.41 Å². The van der Waals surface area contributed by atoms with Gasteiger partial charge in [-0.2, -0.15) is 11.8 Å². The third-order valence-electron chi connectivity index (χ3n) is 3.57. The molecule has 1 aromatic carbocycles. The molecular formula is C14H21NS. The maximum atomic E-state index is 5.90. The van der Waals surface area contributed by atoms with Crippen molar-refractivity contribution in [3.05, 3.63) is 35.4 Å². The van der Waals surface area contributed by atoms with Crippen molar-refractivity contribution in [2.24, 2.45) is 5.73 Å². The van der Waals surface area contributed by atoms with Gasteiger partial charge in [-0.05, 0) is 29.2 Å². The van der Waals surface area contributed by atoms with E-state index in [1.807, 2.05) is 0 Å². The van der Waals surface area contributed by atoms with Crippen LogP contribution in [0.1, 0.15) is 37.3 Å². The molecule has 2 rings (SSSR count). The first-order chi connectivity index (χ1) is 7.65. The average molecular weight is 235 g/mol. The molecule has 1 fully saturated rings. The first kappa shape index (κ1) is 12.0. The van der Waals surface area contributed by atoms with Crippen LogP contribution in [0.2, 0.25) is 0 Å². The van der Waals surface area contributed by atoms with Crippen LogP contribution in [0.25, 0.3) is 0 Å². The van der Waals surface area contributed by atoms with E-state index in [0.29, 0.717) is 6.54 Å². The molecule has 1 aromatic rings. The third-order valence-corrected chi connectivity index (χ3v) is 4.73. The Kier molecular flexibility index (Phi) is 3.60. The SMILES string of the molecule is CC(C)(CN)c1ccccc1C1CCSC1. The van der Waals surface area contributed by atoms with Crippen LogP contribution >= 0.6 is 11.8 Å². The predicted molar refractivity (Wildman–Crippen MR) is 73.2 cm³/mol. The zero-order chi connectivity index (χ0) is 11.6. The molecule has 1 heterocycles. The highest BCUT2D eigenvalue weighted by Gasteiger charge is 2.26. The van der Waals surface area contributed by atoms with Gasteiger partial charge >= 0.3 is 0 Å². The Labute approximate surface area is 103 Å². The molecule has 0 radical (unpaired) electrons. The molecule has 2 N–H and O–H groups in total. The lowest BCUT2D eigenvalue weighted by molar-refractivity contribution is 0.528. The molecule has 16 heavy (non-hydrogen) atoms. The minimum atomic E-state index is 0.101. The van der Waals surface area contributed by atoms with Gasteiger partial charge < -0.3 is 5.73 Å². The van der Waals surface area contributed by atoms with Crippen LogP contribution < -0.4 is 5.73 Å². The second kappa shape index (κ2) is 4.80. The Hall–Kier alpha value is -0.470. The molecule has 0 amide bonds. The van der Waals surface area contributed by atoms with E-state index in [1.165, 1.54) is 29.1 Å². The van der Waals surface area contributed by atoms with E-state index >= 15 is 0 Å². The van der Waals surface area contributed by atoms with E-state index in [4.69, 9.17) is 5.73 Å². The average Bonchev–Trinajstić information content (AvgIpc) is 2.82. The highest BCUT2D eigenvalue weighted by Crippen LogP contribution is 2.37. The van der Waals surface area contributed by atoms with Gasteiger partial charge in [-0.25, -0.2) is 0 Å². The third kappa shape index (κ3) is 2.28. The molecule has 1 nitrogen and oxygen atoms in total. The normalized spacial score (nSPS) is 21.3. The van der Waals surface area contributed by atoms with Gasteiger partial charge in [-0.15, -0.1) is 0 Å². The Morgan fingerprint density at radius 1 is 1.38 bits per heavy atom. The molecule has 2 heteroatoms. The highest BCUT2D eigenvalue weighted by molar-refractivity contribution is 7.99. The Balaban J connectivity index is 2.37. The lowest BCUT2D eigenvalue weighted by Crippen LogP contribution is -2.29. The number of thioether (sulfide) groups is 1. The van der Waals surface area contributed by atoms with Gasteiger partial charge in [0, 0.05) is 17.7 Å². The van der Waals surface area contributed by atoms with E-state index in [0.717, 1.165) is 5.92 Å². The molecule has 0 saturated carbocycles. The molecule has 0 bridgehead atoms. The van der Waals surface area contributed by atoms with Crippen molar-refractivity contribution < 1.29 is 0 Å². The Morgan fingerprint density at radius 2 is 2.12 bits per heavy atom.